The molecule has 0 saturated heterocycles. The zero-order chi connectivity index (χ0) is 9.52. The smallest absolute Gasteiger partial charge is 0.0399 e. The van der Waals surface area contributed by atoms with Gasteiger partial charge in [0, 0.05) is 42.9 Å². The van der Waals surface area contributed by atoms with Gasteiger partial charge in [-0.05, 0) is 12.1 Å². The molecule has 0 spiro atoms. The van der Waals surface area contributed by atoms with Gasteiger partial charge in [-0.3, -0.25) is 4.98 Å². The predicted molar refractivity (Wildman–Crippen MR) is 65.1 cm³/mol. The normalized spacial score (nSPS) is 9.29. The number of hydrogen-bond donors (Lipinski definition) is 0. The monoisotopic (exact) mass is 254 g/mol. The van der Waals surface area contributed by atoms with Crippen LogP contribution in [0.5, 0.6) is 0 Å². The van der Waals surface area contributed by atoms with E-state index >= 15 is 0 Å². The highest BCUT2D eigenvalue weighted by Gasteiger charge is 2.03. The topological polar surface area (TPSA) is 16.1 Å². The lowest BCUT2D eigenvalue weighted by atomic mass is 10.3. The second-order valence-corrected chi connectivity index (χ2v) is 3.33. The first-order valence-corrected chi connectivity index (χ1v) is 5.22. The molecule has 14 heavy (non-hydrogen) atoms. The molecule has 1 aromatic heterocycles. The van der Waals surface area contributed by atoms with E-state index in [4.69, 9.17) is 23.2 Å². The maximum absolute atomic E-state index is 5.68. The summed E-state index contributed by atoms with van der Waals surface area (Å²) in [4.78, 5) is 6.10. The van der Waals surface area contributed by atoms with Gasteiger partial charge in [-0.25, -0.2) is 0 Å². The number of anilines is 1. The average molecular weight is 256 g/mol. The zero-order valence-electron chi connectivity index (χ0n) is 7.70. The molecule has 0 N–H and O–H groups in total. The first kappa shape index (κ1) is 13.8. The van der Waals surface area contributed by atoms with Gasteiger partial charge in [-0.15, -0.1) is 35.6 Å². The van der Waals surface area contributed by atoms with E-state index in [-0.39, 0.29) is 12.4 Å². The Kier molecular flexibility index (Phi) is 8.05. The van der Waals surface area contributed by atoms with E-state index in [0.717, 1.165) is 18.8 Å². The van der Waals surface area contributed by atoms with Gasteiger partial charge in [0.2, 0.25) is 0 Å². The minimum absolute atomic E-state index is 0. The lowest BCUT2D eigenvalue weighted by molar-refractivity contribution is 0.872. The van der Waals surface area contributed by atoms with Crippen LogP contribution in [0.3, 0.4) is 0 Å². The molecule has 2 nitrogen and oxygen atoms in total. The first-order valence-electron chi connectivity index (χ1n) is 4.15. The van der Waals surface area contributed by atoms with Crippen LogP contribution in [0.2, 0.25) is 0 Å². The van der Waals surface area contributed by atoms with Crippen molar-refractivity contribution in [2.45, 2.75) is 0 Å². The summed E-state index contributed by atoms with van der Waals surface area (Å²) >= 11 is 11.4. The van der Waals surface area contributed by atoms with Crippen LogP contribution in [-0.2, 0) is 0 Å². The van der Waals surface area contributed by atoms with E-state index < -0.39 is 0 Å². The maximum atomic E-state index is 5.68. The molecule has 0 aliphatic heterocycles. The third-order valence-corrected chi connectivity index (χ3v) is 2.07. The van der Waals surface area contributed by atoms with Crippen LogP contribution in [-0.4, -0.2) is 29.8 Å². The van der Waals surface area contributed by atoms with Crippen LogP contribution >= 0.6 is 35.6 Å². The molecule has 1 rings (SSSR count). The van der Waals surface area contributed by atoms with Gasteiger partial charge in [0.1, 0.15) is 0 Å². The van der Waals surface area contributed by atoms with E-state index in [1.165, 1.54) is 0 Å². The van der Waals surface area contributed by atoms with Gasteiger partial charge >= 0.3 is 0 Å². The molecule has 5 heteroatoms. The van der Waals surface area contributed by atoms with Crippen LogP contribution < -0.4 is 4.90 Å². The third-order valence-electron chi connectivity index (χ3n) is 1.74. The van der Waals surface area contributed by atoms with Crippen molar-refractivity contribution in [2.75, 3.05) is 29.7 Å². The van der Waals surface area contributed by atoms with Gasteiger partial charge in [-0.2, -0.15) is 0 Å². The molecule has 0 amide bonds. The molecule has 1 aromatic rings. The Hall–Kier alpha value is -0.180. The molecule has 0 aromatic carbocycles. The van der Waals surface area contributed by atoms with E-state index in [1.54, 1.807) is 12.4 Å². The van der Waals surface area contributed by atoms with Gasteiger partial charge < -0.3 is 4.90 Å². The van der Waals surface area contributed by atoms with E-state index in [1.807, 2.05) is 12.1 Å². The maximum Gasteiger partial charge on any atom is 0.0399 e. The van der Waals surface area contributed by atoms with Gasteiger partial charge in [0.15, 0.2) is 0 Å². The number of pyridine rings is 1. The van der Waals surface area contributed by atoms with Crippen molar-refractivity contribution in [3.8, 4) is 0 Å². The highest BCUT2D eigenvalue weighted by atomic mass is 35.5. The summed E-state index contributed by atoms with van der Waals surface area (Å²) in [6, 6.07) is 3.91. The van der Waals surface area contributed by atoms with Crippen molar-refractivity contribution in [3.05, 3.63) is 24.5 Å². The highest BCUT2D eigenvalue weighted by molar-refractivity contribution is 6.18. The van der Waals surface area contributed by atoms with Crippen molar-refractivity contribution in [3.63, 3.8) is 0 Å². The standard InChI is InChI=1S/C9H12Cl2N2.ClH/c10-3-7-13(8-4-11)9-1-5-12-6-2-9;/h1-2,5-6H,3-4,7-8H2;1H. The number of rotatable bonds is 5. The zero-order valence-corrected chi connectivity index (χ0v) is 10.0. The third kappa shape index (κ3) is 4.36. The lowest BCUT2D eigenvalue weighted by Gasteiger charge is -2.22. The lowest BCUT2D eigenvalue weighted by Crippen LogP contribution is -2.27. The van der Waals surface area contributed by atoms with Crippen LogP contribution in [0, 0.1) is 0 Å². The van der Waals surface area contributed by atoms with Gasteiger partial charge in [0.05, 0.1) is 0 Å². The molecular weight excluding hydrogens is 242 g/mol. The molecule has 1 heterocycles. The number of aromatic nitrogens is 1. The Morgan fingerprint density at radius 3 is 2.00 bits per heavy atom. The largest absolute Gasteiger partial charge is 0.369 e. The summed E-state index contributed by atoms with van der Waals surface area (Å²) in [7, 11) is 0. The molecule has 0 bridgehead atoms. The quantitative estimate of drug-likeness (QED) is 0.752. The van der Waals surface area contributed by atoms with Crippen LogP contribution in [0.25, 0.3) is 0 Å². The predicted octanol–water partition coefficient (Wildman–Crippen LogP) is 2.79. The van der Waals surface area contributed by atoms with Crippen molar-refractivity contribution >= 4 is 41.3 Å². The molecule has 0 fully saturated rings. The highest BCUT2D eigenvalue weighted by Crippen LogP contribution is 2.11. The van der Waals surface area contributed by atoms with E-state index in [2.05, 4.69) is 9.88 Å². The Balaban J connectivity index is 0.00000169. The SMILES string of the molecule is Cl.ClCCN(CCCl)c1ccncc1. The summed E-state index contributed by atoms with van der Waals surface area (Å²) in [6.45, 7) is 1.64. The van der Waals surface area contributed by atoms with Crippen molar-refractivity contribution in [1.82, 2.24) is 4.98 Å². The minimum Gasteiger partial charge on any atom is -0.369 e. The fraction of sp³-hybridized carbons (Fsp3) is 0.444. The van der Waals surface area contributed by atoms with Crippen LogP contribution in [0.15, 0.2) is 24.5 Å². The Labute approximate surface area is 101 Å². The Bertz CT molecular complexity index is 225. The summed E-state index contributed by atoms with van der Waals surface area (Å²) < 4.78 is 0. The average Bonchev–Trinajstić information content (AvgIpc) is 2.19. The number of hydrogen-bond acceptors (Lipinski definition) is 2. The fourth-order valence-electron chi connectivity index (χ4n) is 1.13. The number of alkyl halides is 2. The summed E-state index contributed by atoms with van der Waals surface area (Å²) in [6.07, 6.45) is 3.54. The number of nitrogens with zero attached hydrogens (tertiary/aromatic N) is 2. The molecule has 80 valence electrons. The van der Waals surface area contributed by atoms with Crippen molar-refractivity contribution < 1.29 is 0 Å². The summed E-state index contributed by atoms with van der Waals surface area (Å²) in [5.74, 6) is 1.22. The second-order valence-electron chi connectivity index (χ2n) is 2.57. The summed E-state index contributed by atoms with van der Waals surface area (Å²) in [5, 5.41) is 0. The summed E-state index contributed by atoms with van der Waals surface area (Å²) in [5.41, 5.74) is 1.12. The fourth-order valence-corrected chi connectivity index (χ4v) is 1.54. The molecule has 0 unspecified atom stereocenters. The Morgan fingerprint density at radius 2 is 1.57 bits per heavy atom. The minimum atomic E-state index is 0. The van der Waals surface area contributed by atoms with E-state index in [9.17, 15) is 0 Å². The van der Waals surface area contributed by atoms with E-state index in [0.29, 0.717) is 11.8 Å². The molecule has 0 atom stereocenters. The first-order chi connectivity index (χ1) is 6.38. The second kappa shape index (κ2) is 8.16. The molecule has 0 aliphatic rings. The van der Waals surface area contributed by atoms with Crippen molar-refractivity contribution in [2.24, 2.45) is 0 Å². The van der Waals surface area contributed by atoms with Crippen LogP contribution in [0.1, 0.15) is 0 Å². The van der Waals surface area contributed by atoms with Crippen LogP contribution in [0.4, 0.5) is 5.69 Å². The van der Waals surface area contributed by atoms with Gasteiger partial charge in [-0.1, -0.05) is 0 Å². The molecular formula is C9H13Cl3N2. The molecule has 0 aliphatic carbocycles. The molecule has 0 radical (unpaired) electrons. The Morgan fingerprint density at radius 1 is 1.07 bits per heavy atom. The molecule has 0 saturated carbocycles. The number of halogens is 3. The van der Waals surface area contributed by atoms with Crippen molar-refractivity contribution in [1.29, 1.82) is 0 Å². The van der Waals surface area contributed by atoms with Gasteiger partial charge in [0.25, 0.3) is 0 Å².